The summed E-state index contributed by atoms with van der Waals surface area (Å²) in [4.78, 5) is 0. The van der Waals surface area contributed by atoms with Gasteiger partial charge in [0.1, 0.15) is 6.54 Å². The predicted molar refractivity (Wildman–Crippen MR) is 75.2 cm³/mol. The van der Waals surface area contributed by atoms with Crippen molar-refractivity contribution in [2.45, 2.75) is 64.2 Å². The minimum Gasteiger partial charge on any atom is -0.340 e. The van der Waals surface area contributed by atoms with E-state index < -0.39 is 0 Å². The van der Waals surface area contributed by atoms with Crippen molar-refractivity contribution in [2.75, 3.05) is 0 Å². The molecule has 1 aromatic rings. The van der Waals surface area contributed by atoms with E-state index in [1.807, 2.05) is 0 Å². The van der Waals surface area contributed by atoms with Gasteiger partial charge in [-0.2, -0.15) is 0 Å². The van der Waals surface area contributed by atoms with Gasteiger partial charge in [-0.25, -0.2) is 0 Å². The van der Waals surface area contributed by atoms with E-state index in [-0.39, 0.29) is 0 Å². The number of quaternary nitrogens is 2. The van der Waals surface area contributed by atoms with Gasteiger partial charge in [-0.1, -0.05) is 30.3 Å². The number of benzene rings is 1. The summed E-state index contributed by atoms with van der Waals surface area (Å²) in [5.41, 5.74) is 2.18. The smallest absolute Gasteiger partial charge is 0.101 e. The number of rotatable bonds is 3. The summed E-state index contributed by atoms with van der Waals surface area (Å²) in [5, 5.41) is 5.08. The van der Waals surface area contributed by atoms with Gasteiger partial charge in [-0.3, -0.25) is 0 Å². The van der Waals surface area contributed by atoms with Crippen molar-refractivity contribution in [1.82, 2.24) is 0 Å². The zero-order valence-corrected chi connectivity index (χ0v) is 12.2. The fourth-order valence-corrected chi connectivity index (χ4v) is 3.68. The molecule has 2 rings (SSSR count). The topological polar surface area (TPSA) is 33.2 Å². The average molecular weight is 248 g/mol. The second kappa shape index (κ2) is 5.02. The van der Waals surface area contributed by atoms with Gasteiger partial charge in [0.2, 0.25) is 0 Å². The molecule has 1 fully saturated rings. The van der Waals surface area contributed by atoms with Crippen LogP contribution in [0.15, 0.2) is 30.3 Å². The molecule has 2 heteroatoms. The SMILES string of the molecule is CC1(C)CC([NH2+]Cc2ccccc2)CC(C)(C)[NH2+]1. The molecule has 18 heavy (non-hydrogen) atoms. The van der Waals surface area contributed by atoms with Crippen LogP contribution in [0.1, 0.15) is 46.1 Å². The summed E-state index contributed by atoms with van der Waals surface area (Å²) < 4.78 is 0. The van der Waals surface area contributed by atoms with Gasteiger partial charge in [0.15, 0.2) is 0 Å². The van der Waals surface area contributed by atoms with Gasteiger partial charge in [0.25, 0.3) is 0 Å². The van der Waals surface area contributed by atoms with E-state index in [9.17, 15) is 0 Å². The predicted octanol–water partition coefficient (Wildman–Crippen LogP) is 1.03. The van der Waals surface area contributed by atoms with Gasteiger partial charge in [0.05, 0.1) is 30.0 Å². The van der Waals surface area contributed by atoms with Crippen molar-refractivity contribution in [3.8, 4) is 0 Å². The van der Waals surface area contributed by atoms with Crippen molar-refractivity contribution in [2.24, 2.45) is 0 Å². The Labute approximate surface area is 111 Å². The highest BCUT2D eigenvalue weighted by Crippen LogP contribution is 2.19. The molecular formula is C16H28N2+2. The zero-order chi connectivity index (χ0) is 13.2. The molecule has 1 aromatic carbocycles. The van der Waals surface area contributed by atoms with E-state index in [1.54, 1.807) is 0 Å². The van der Waals surface area contributed by atoms with Crippen LogP contribution in [0.25, 0.3) is 0 Å². The quantitative estimate of drug-likeness (QED) is 0.801. The Balaban J connectivity index is 1.93. The van der Waals surface area contributed by atoms with E-state index in [0.717, 1.165) is 12.6 Å². The molecule has 1 saturated heterocycles. The molecule has 0 saturated carbocycles. The van der Waals surface area contributed by atoms with E-state index in [2.05, 4.69) is 68.7 Å². The molecule has 0 amide bonds. The standard InChI is InChI=1S/C16H26N2/c1-15(2)10-14(11-16(3,4)18-15)17-12-13-8-6-5-7-9-13/h5-9,14,17-18H,10-12H2,1-4H3/p+2. The van der Waals surface area contributed by atoms with Crippen LogP contribution in [0, 0.1) is 0 Å². The van der Waals surface area contributed by atoms with Crippen molar-refractivity contribution < 1.29 is 10.6 Å². The Hall–Kier alpha value is -0.860. The van der Waals surface area contributed by atoms with Gasteiger partial charge < -0.3 is 10.6 Å². The monoisotopic (exact) mass is 248 g/mol. The first kappa shape index (κ1) is 13.6. The third-order valence-corrected chi connectivity index (χ3v) is 3.89. The van der Waals surface area contributed by atoms with E-state index in [1.165, 1.54) is 18.4 Å². The second-order valence-corrected chi connectivity index (χ2v) is 7.22. The lowest BCUT2D eigenvalue weighted by Crippen LogP contribution is -3.09. The molecule has 0 unspecified atom stereocenters. The average Bonchev–Trinajstić information content (AvgIpc) is 2.24. The third kappa shape index (κ3) is 3.82. The molecule has 0 aromatic heterocycles. The van der Waals surface area contributed by atoms with E-state index in [0.29, 0.717) is 11.1 Å². The Bertz CT molecular complexity index is 365. The number of nitrogens with two attached hydrogens (primary N) is 2. The van der Waals surface area contributed by atoms with Crippen LogP contribution in [-0.2, 0) is 6.54 Å². The Kier molecular flexibility index (Phi) is 3.79. The minimum atomic E-state index is 0.375. The van der Waals surface area contributed by atoms with Crippen LogP contribution in [0.5, 0.6) is 0 Å². The van der Waals surface area contributed by atoms with Crippen LogP contribution in [-0.4, -0.2) is 17.1 Å². The molecule has 0 radical (unpaired) electrons. The second-order valence-electron chi connectivity index (χ2n) is 7.22. The van der Waals surface area contributed by atoms with Crippen LogP contribution in [0.2, 0.25) is 0 Å². The molecule has 0 spiro atoms. The number of piperidine rings is 1. The van der Waals surface area contributed by atoms with Crippen molar-refractivity contribution >= 4 is 0 Å². The molecular weight excluding hydrogens is 220 g/mol. The van der Waals surface area contributed by atoms with E-state index in [4.69, 9.17) is 0 Å². The maximum Gasteiger partial charge on any atom is 0.101 e. The van der Waals surface area contributed by atoms with Crippen LogP contribution in [0.3, 0.4) is 0 Å². The summed E-state index contributed by atoms with van der Waals surface area (Å²) in [6.45, 7) is 10.6. The maximum atomic E-state index is 2.55. The van der Waals surface area contributed by atoms with Crippen LogP contribution < -0.4 is 10.6 Å². The van der Waals surface area contributed by atoms with Crippen molar-refractivity contribution in [3.63, 3.8) is 0 Å². The lowest BCUT2D eigenvalue weighted by molar-refractivity contribution is -0.816. The molecule has 1 aliphatic heterocycles. The molecule has 100 valence electrons. The first-order valence-corrected chi connectivity index (χ1v) is 7.11. The number of hydrogen-bond donors (Lipinski definition) is 2. The molecule has 2 nitrogen and oxygen atoms in total. The van der Waals surface area contributed by atoms with Gasteiger partial charge in [0, 0.05) is 5.56 Å². The molecule has 1 heterocycles. The Morgan fingerprint density at radius 1 is 1.06 bits per heavy atom. The Morgan fingerprint density at radius 3 is 2.17 bits per heavy atom. The van der Waals surface area contributed by atoms with Crippen LogP contribution in [0.4, 0.5) is 0 Å². The maximum absolute atomic E-state index is 2.55. The summed E-state index contributed by atoms with van der Waals surface area (Å²) in [7, 11) is 0. The van der Waals surface area contributed by atoms with Gasteiger partial charge in [-0.15, -0.1) is 0 Å². The fraction of sp³-hybridized carbons (Fsp3) is 0.625. The van der Waals surface area contributed by atoms with E-state index >= 15 is 0 Å². The van der Waals surface area contributed by atoms with Gasteiger partial charge in [-0.05, 0) is 27.7 Å². The molecule has 4 N–H and O–H groups in total. The highest BCUT2D eigenvalue weighted by Gasteiger charge is 2.43. The fourth-order valence-electron chi connectivity index (χ4n) is 3.68. The highest BCUT2D eigenvalue weighted by molar-refractivity contribution is 5.13. The van der Waals surface area contributed by atoms with Crippen molar-refractivity contribution in [1.29, 1.82) is 0 Å². The van der Waals surface area contributed by atoms with Crippen molar-refractivity contribution in [3.05, 3.63) is 35.9 Å². The first-order chi connectivity index (χ1) is 8.36. The molecule has 1 aliphatic rings. The number of hydrogen-bond acceptors (Lipinski definition) is 0. The Morgan fingerprint density at radius 2 is 1.61 bits per heavy atom. The summed E-state index contributed by atoms with van der Waals surface area (Å²) in [6, 6.07) is 11.5. The normalized spacial score (nSPS) is 22.9. The summed E-state index contributed by atoms with van der Waals surface area (Å²) in [5.74, 6) is 0. The largest absolute Gasteiger partial charge is 0.340 e. The minimum absolute atomic E-state index is 0.375. The van der Waals surface area contributed by atoms with Crippen LogP contribution >= 0.6 is 0 Å². The zero-order valence-electron chi connectivity index (χ0n) is 12.2. The lowest BCUT2D eigenvalue weighted by atomic mass is 9.79. The van der Waals surface area contributed by atoms with Gasteiger partial charge >= 0.3 is 0 Å². The first-order valence-electron chi connectivity index (χ1n) is 7.11. The highest BCUT2D eigenvalue weighted by atomic mass is 15.1. The summed E-state index contributed by atoms with van der Waals surface area (Å²) in [6.07, 6.45) is 2.59. The lowest BCUT2D eigenvalue weighted by Gasteiger charge is -2.41. The molecule has 0 aliphatic carbocycles. The summed E-state index contributed by atoms with van der Waals surface area (Å²) >= 11 is 0. The third-order valence-electron chi connectivity index (χ3n) is 3.89. The molecule has 0 atom stereocenters. The molecule has 0 bridgehead atoms.